The summed E-state index contributed by atoms with van der Waals surface area (Å²) in [6.45, 7) is 3.99. The first kappa shape index (κ1) is 21.9. The molecule has 2 aromatic carbocycles. The number of carbonyl (C=O) groups excluding carboxylic acids is 1. The van der Waals surface area contributed by atoms with Crippen molar-refractivity contribution < 1.29 is 22.9 Å². The highest BCUT2D eigenvalue weighted by Crippen LogP contribution is 2.21. The summed E-state index contributed by atoms with van der Waals surface area (Å²) >= 11 is 0. The van der Waals surface area contributed by atoms with Crippen LogP contribution in [0.1, 0.15) is 21.5 Å². The third kappa shape index (κ3) is 5.62. The van der Waals surface area contributed by atoms with Gasteiger partial charge in [-0.15, -0.1) is 0 Å². The molecule has 1 heterocycles. The maximum atomic E-state index is 12.6. The number of carbonyl (C=O) groups is 1. The van der Waals surface area contributed by atoms with Crippen LogP contribution in [0.3, 0.4) is 0 Å². The number of nitrogens with zero attached hydrogens (tertiary/aromatic N) is 2. The van der Waals surface area contributed by atoms with Crippen molar-refractivity contribution in [3.63, 3.8) is 0 Å². The predicted molar refractivity (Wildman–Crippen MR) is 110 cm³/mol. The normalized spacial score (nSPS) is 15.0. The number of nitro groups is 1. The second-order valence-corrected chi connectivity index (χ2v) is 9.10. The molecule has 1 amide bonds. The van der Waals surface area contributed by atoms with E-state index in [1.807, 2.05) is 24.3 Å². The summed E-state index contributed by atoms with van der Waals surface area (Å²) in [5.74, 6) is -0.579. The fourth-order valence-electron chi connectivity index (χ4n) is 3.20. The number of sulfone groups is 1. The van der Waals surface area contributed by atoms with Crippen molar-refractivity contribution in [1.29, 1.82) is 0 Å². The number of non-ortho nitro benzene ring substituents is 1. The molecule has 2 aromatic rings. The van der Waals surface area contributed by atoms with Crippen LogP contribution in [0, 0.1) is 10.1 Å². The number of benzene rings is 2. The summed E-state index contributed by atoms with van der Waals surface area (Å²) in [5, 5.41) is 13.9. The Labute approximate surface area is 174 Å². The standard InChI is InChI=1S/C20H23N3O6S/c1-30(27,28)19-11-17(10-18(12-19)23(25)26)20(24)21-13-15-4-2-3-5-16(15)14-22-6-8-29-9-7-22/h2-5,10-12H,6-9,13-14H2,1H3,(H,21,24). The van der Waals surface area contributed by atoms with Gasteiger partial charge in [0.1, 0.15) is 0 Å². The van der Waals surface area contributed by atoms with Crippen LogP contribution in [0.15, 0.2) is 47.4 Å². The minimum atomic E-state index is -3.71. The summed E-state index contributed by atoms with van der Waals surface area (Å²) < 4.78 is 29.0. The second-order valence-electron chi connectivity index (χ2n) is 7.08. The lowest BCUT2D eigenvalue weighted by Crippen LogP contribution is -2.36. The fourth-order valence-corrected chi connectivity index (χ4v) is 3.87. The average Bonchev–Trinajstić information content (AvgIpc) is 2.72. The number of hydrogen-bond donors (Lipinski definition) is 1. The van der Waals surface area contributed by atoms with Crippen LogP contribution in [-0.4, -0.2) is 56.7 Å². The van der Waals surface area contributed by atoms with Gasteiger partial charge < -0.3 is 10.1 Å². The third-order valence-corrected chi connectivity index (χ3v) is 5.94. The SMILES string of the molecule is CS(=O)(=O)c1cc(C(=O)NCc2ccccc2CN2CCOCC2)cc([N+](=O)[O-])c1. The number of hydrogen-bond acceptors (Lipinski definition) is 7. The molecule has 0 radical (unpaired) electrons. The third-order valence-electron chi connectivity index (χ3n) is 4.85. The lowest BCUT2D eigenvalue weighted by Gasteiger charge is -2.27. The number of rotatable bonds is 7. The van der Waals surface area contributed by atoms with Crippen molar-refractivity contribution in [2.24, 2.45) is 0 Å². The zero-order valence-corrected chi connectivity index (χ0v) is 17.4. The van der Waals surface area contributed by atoms with E-state index in [9.17, 15) is 23.3 Å². The number of nitrogens with one attached hydrogen (secondary N) is 1. The lowest BCUT2D eigenvalue weighted by atomic mass is 10.1. The Morgan fingerprint density at radius 2 is 1.83 bits per heavy atom. The molecule has 1 fully saturated rings. The Kier molecular flexibility index (Phi) is 6.80. The monoisotopic (exact) mass is 433 g/mol. The van der Waals surface area contributed by atoms with Crippen LogP contribution in [0.5, 0.6) is 0 Å². The molecule has 1 aliphatic rings. The first-order valence-electron chi connectivity index (χ1n) is 9.38. The number of ether oxygens (including phenoxy) is 1. The molecule has 0 bridgehead atoms. The minimum absolute atomic E-state index is 0.0738. The van der Waals surface area contributed by atoms with Gasteiger partial charge in [0.05, 0.1) is 23.0 Å². The summed E-state index contributed by atoms with van der Waals surface area (Å²) in [6, 6.07) is 10.9. The fraction of sp³-hybridized carbons (Fsp3) is 0.350. The molecule has 0 spiro atoms. The Bertz CT molecular complexity index is 1050. The number of nitro benzene ring substituents is 1. The number of morpholine rings is 1. The zero-order valence-electron chi connectivity index (χ0n) is 16.5. The van der Waals surface area contributed by atoms with Crippen LogP contribution >= 0.6 is 0 Å². The molecular weight excluding hydrogens is 410 g/mol. The quantitative estimate of drug-likeness (QED) is 0.522. The summed E-state index contributed by atoms with van der Waals surface area (Å²) in [6.07, 6.45) is 0.940. The molecule has 30 heavy (non-hydrogen) atoms. The van der Waals surface area contributed by atoms with E-state index < -0.39 is 26.4 Å². The smallest absolute Gasteiger partial charge is 0.271 e. The zero-order chi connectivity index (χ0) is 21.7. The maximum Gasteiger partial charge on any atom is 0.271 e. The van der Waals surface area contributed by atoms with Crippen molar-refractivity contribution in [2.45, 2.75) is 18.0 Å². The maximum absolute atomic E-state index is 12.6. The molecular formula is C20H23N3O6S. The van der Waals surface area contributed by atoms with Gasteiger partial charge in [-0.05, 0) is 17.2 Å². The molecule has 0 unspecified atom stereocenters. The highest BCUT2D eigenvalue weighted by molar-refractivity contribution is 7.90. The van der Waals surface area contributed by atoms with E-state index >= 15 is 0 Å². The van der Waals surface area contributed by atoms with E-state index in [-0.39, 0.29) is 17.0 Å². The summed E-state index contributed by atoms with van der Waals surface area (Å²) in [4.78, 5) is 25.0. The molecule has 1 saturated heterocycles. The lowest BCUT2D eigenvalue weighted by molar-refractivity contribution is -0.385. The highest BCUT2D eigenvalue weighted by Gasteiger charge is 2.19. The van der Waals surface area contributed by atoms with Crippen molar-refractivity contribution in [3.8, 4) is 0 Å². The van der Waals surface area contributed by atoms with Gasteiger partial charge in [0.2, 0.25) is 0 Å². The highest BCUT2D eigenvalue weighted by atomic mass is 32.2. The van der Waals surface area contributed by atoms with E-state index in [0.29, 0.717) is 13.2 Å². The molecule has 160 valence electrons. The van der Waals surface area contributed by atoms with Gasteiger partial charge in [-0.25, -0.2) is 8.42 Å². The Balaban J connectivity index is 1.76. The molecule has 0 atom stereocenters. The van der Waals surface area contributed by atoms with Crippen LogP contribution in [0.4, 0.5) is 5.69 Å². The Morgan fingerprint density at radius 3 is 2.47 bits per heavy atom. The van der Waals surface area contributed by atoms with Crippen molar-refractivity contribution in [1.82, 2.24) is 10.2 Å². The largest absolute Gasteiger partial charge is 0.379 e. The minimum Gasteiger partial charge on any atom is -0.379 e. The first-order chi connectivity index (χ1) is 14.2. The number of amides is 1. The average molecular weight is 433 g/mol. The van der Waals surface area contributed by atoms with Crippen LogP contribution in [0.2, 0.25) is 0 Å². The molecule has 0 aliphatic carbocycles. The molecule has 1 N–H and O–H groups in total. The van der Waals surface area contributed by atoms with Gasteiger partial charge in [0, 0.05) is 50.1 Å². The van der Waals surface area contributed by atoms with Crippen LogP contribution < -0.4 is 5.32 Å². The van der Waals surface area contributed by atoms with E-state index in [0.717, 1.165) is 55.2 Å². The molecule has 10 heteroatoms. The Hall–Kier alpha value is -2.82. The van der Waals surface area contributed by atoms with Gasteiger partial charge in [0.15, 0.2) is 9.84 Å². The van der Waals surface area contributed by atoms with Crippen molar-refractivity contribution in [2.75, 3.05) is 32.6 Å². The van der Waals surface area contributed by atoms with Crippen LogP contribution in [0.25, 0.3) is 0 Å². The van der Waals surface area contributed by atoms with Gasteiger partial charge >= 0.3 is 0 Å². The van der Waals surface area contributed by atoms with E-state index in [1.54, 1.807) is 0 Å². The van der Waals surface area contributed by atoms with Crippen molar-refractivity contribution in [3.05, 3.63) is 69.3 Å². The molecule has 3 rings (SSSR count). The van der Waals surface area contributed by atoms with Gasteiger partial charge in [-0.2, -0.15) is 0 Å². The van der Waals surface area contributed by atoms with Crippen LogP contribution in [-0.2, 0) is 27.7 Å². The first-order valence-corrected chi connectivity index (χ1v) is 11.3. The summed E-state index contributed by atoms with van der Waals surface area (Å²) in [7, 11) is -3.71. The van der Waals surface area contributed by atoms with E-state index in [2.05, 4.69) is 10.2 Å². The van der Waals surface area contributed by atoms with E-state index in [4.69, 9.17) is 4.74 Å². The van der Waals surface area contributed by atoms with E-state index in [1.165, 1.54) is 0 Å². The molecule has 1 aliphatic heterocycles. The van der Waals surface area contributed by atoms with Gasteiger partial charge in [-0.1, -0.05) is 24.3 Å². The van der Waals surface area contributed by atoms with Gasteiger partial charge in [-0.3, -0.25) is 19.8 Å². The predicted octanol–water partition coefficient (Wildman–Crippen LogP) is 1.76. The summed E-state index contributed by atoms with van der Waals surface area (Å²) in [5.41, 5.74) is 1.47. The molecule has 9 nitrogen and oxygen atoms in total. The van der Waals surface area contributed by atoms with Crippen molar-refractivity contribution >= 4 is 21.4 Å². The van der Waals surface area contributed by atoms with Gasteiger partial charge in [0.25, 0.3) is 11.6 Å². The molecule has 0 aromatic heterocycles. The Morgan fingerprint density at radius 1 is 1.17 bits per heavy atom. The molecule has 0 saturated carbocycles. The second kappa shape index (κ2) is 9.33. The topological polar surface area (TPSA) is 119 Å².